The monoisotopic (exact) mass is 379 g/mol. The molecule has 0 bridgehead atoms. The Morgan fingerprint density at radius 1 is 1.47 bits per heavy atom. The molecule has 0 aliphatic rings. The Morgan fingerprint density at radius 3 is 2.13 bits per heavy atom. The molecule has 0 aromatic carbocycles. The summed E-state index contributed by atoms with van der Waals surface area (Å²) in [4.78, 5) is 21.2. The minimum atomic E-state index is -1.20. The molecule has 1 atom stereocenters. The molecular formula is C8H14INO4Zn. The molecule has 2 N–H and O–H groups in total. The van der Waals surface area contributed by atoms with E-state index < -0.39 is 23.7 Å². The number of rotatable bonds is 2. The van der Waals surface area contributed by atoms with Crippen molar-refractivity contribution < 1.29 is 34.2 Å². The van der Waals surface area contributed by atoms with E-state index in [0.717, 1.165) is 0 Å². The van der Waals surface area contributed by atoms with Crippen LogP contribution in [0.25, 0.3) is 0 Å². The topological polar surface area (TPSA) is 75.6 Å². The number of hydrogen-bond donors (Lipinski definition) is 2. The van der Waals surface area contributed by atoms with Crippen LogP contribution in [0, 0.1) is 6.92 Å². The standard InChI is InChI=1S/C8H14NO4.HI.Zn/c1-5(6(10)11)9-7(12)13-8(2,3)4;;/h5H,1H2,2-4H3,(H,9,12)(H,10,11);1H;/q-1;;+2/p-1/t5-;;/m0../s1. The molecule has 15 heavy (non-hydrogen) atoms. The van der Waals surface area contributed by atoms with Crippen LogP contribution in [0.2, 0.25) is 0 Å². The Balaban J connectivity index is 0. The molecule has 0 aliphatic carbocycles. The molecule has 84 valence electrons. The first-order chi connectivity index (χ1) is 6.72. The van der Waals surface area contributed by atoms with Crippen LogP contribution in [0.4, 0.5) is 4.79 Å². The van der Waals surface area contributed by atoms with Crippen molar-refractivity contribution in [3.8, 4) is 0 Å². The SMILES string of the molecule is [CH2-][C@H](NC(=O)OC(C)(C)C)C(=O)O.[Zn+][I]. The Kier molecular flexibility index (Phi) is 9.64. The van der Waals surface area contributed by atoms with Crippen molar-refractivity contribution in [2.75, 3.05) is 0 Å². The van der Waals surface area contributed by atoms with Crippen LogP contribution in [0.3, 0.4) is 0 Å². The van der Waals surface area contributed by atoms with Gasteiger partial charge in [-0.05, 0) is 20.8 Å². The van der Waals surface area contributed by atoms with Gasteiger partial charge in [-0.3, -0.25) is 4.79 Å². The van der Waals surface area contributed by atoms with E-state index in [1.54, 1.807) is 20.8 Å². The van der Waals surface area contributed by atoms with E-state index in [1.807, 2.05) is 0 Å². The van der Waals surface area contributed by atoms with Crippen LogP contribution >= 0.6 is 19.8 Å². The Morgan fingerprint density at radius 2 is 1.87 bits per heavy atom. The summed E-state index contributed by atoms with van der Waals surface area (Å²) in [5, 5.41) is 10.5. The number of halogens is 1. The number of aliphatic carboxylic acids is 1. The zero-order valence-corrected chi connectivity index (χ0v) is 14.2. The number of nitrogens with one attached hydrogen (secondary N) is 1. The Bertz CT molecular complexity index is 217. The average Bonchev–Trinajstić information content (AvgIpc) is 2.03. The second-order valence-electron chi connectivity index (χ2n) is 3.54. The fourth-order valence-corrected chi connectivity index (χ4v) is 0.512. The first-order valence-electron chi connectivity index (χ1n) is 4.04. The van der Waals surface area contributed by atoms with Gasteiger partial charge in [0.15, 0.2) is 0 Å². The average molecular weight is 380 g/mol. The van der Waals surface area contributed by atoms with Gasteiger partial charge in [0, 0.05) is 6.04 Å². The summed E-state index contributed by atoms with van der Waals surface area (Å²) in [6, 6.07) is -1.19. The van der Waals surface area contributed by atoms with E-state index in [-0.39, 0.29) is 0 Å². The van der Waals surface area contributed by atoms with Crippen LogP contribution in [-0.4, -0.2) is 28.8 Å². The van der Waals surface area contributed by atoms with Crippen LogP contribution < -0.4 is 5.32 Å². The van der Waals surface area contributed by atoms with Gasteiger partial charge in [0.25, 0.3) is 5.97 Å². The van der Waals surface area contributed by atoms with Gasteiger partial charge in [-0.1, -0.05) is 0 Å². The Labute approximate surface area is 110 Å². The molecule has 1 amide bonds. The number of carbonyl (C=O) groups excluding carboxylic acids is 1. The number of ether oxygens (including phenoxy) is 1. The van der Waals surface area contributed by atoms with Gasteiger partial charge in [0.2, 0.25) is 0 Å². The predicted molar refractivity (Wildman–Crippen MR) is 60.2 cm³/mol. The van der Waals surface area contributed by atoms with E-state index in [1.165, 1.54) is 14.8 Å². The molecule has 0 aliphatic heterocycles. The van der Waals surface area contributed by atoms with Crippen LogP contribution in [-0.2, 0) is 24.3 Å². The summed E-state index contributed by atoms with van der Waals surface area (Å²) < 4.78 is 4.81. The number of hydrogen-bond acceptors (Lipinski definition) is 3. The van der Waals surface area contributed by atoms with Gasteiger partial charge < -0.3 is 22.1 Å². The van der Waals surface area contributed by atoms with E-state index in [2.05, 4.69) is 32.0 Å². The molecule has 5 nitrogen and oxygen atoms in total. The molecule has 0 unspecified atom stereocenters. The number of carboxylic acids is 1. The molecule has 0 aromatic heterocycles. The molecule has 0 radical (unpaired) electrons. The van der Waals surface area contributed by atoms with Crippen molar-refractivity contribution in [1.29, 1.82) is 0 Å². The maximum absolute atomic E-state index is 10.9. The zero-order chi connectivity index (χ0) is 12.6. The van der Waals surface area contributed by atoms with E-state index in [4.69, 9.17) is 9.84 Å². The van der Waals surface area contributed by atoms with Crippen molar-refractivity contribution in [2.45, 2.75) is 32.4 Å². The van der Waals surface area contributed by atoms with Gasteiger partial charge >= 0.3 is 40.6 Å². The fourth-order valence-electron chi connectivity index (χ4n) is 0.512. The third-order valence-corrected chi connectivity index (χ3v) is 0.989. The number of amides is 1. The van der Waals surface area contributed by atoms with Crippen LogP contribution in [0.5, 0.6) is 0 Å². The van der Waals surface area contributed by atoms with Crippen LogP contribution in [0.15, 0.2) is 0 Å². The molecule has 0 rings (SSSR count). The number of carbonyl (C=O) groups is 2. The second-order valence-corrected chi connectivity index (χ2v) is 3.54. The van der Waals surface area contributed by atoms with Crippen molar-refractivity contribution in [2.24, 2.45) is 0 Å². The van der Waals surface area contributed by atoms with E-state index in [9.17, 15) is 9.59 Å². The van der Waals surface area contributed by atoms with E-state index >= 15 is 0 Å². The summed E-state index contributed by atoms with van der Waals surface area (Å²) in [5.41, 5.74) is -0.637. The molecular weight excluding hydrogens is 366 g/mol. The fraction of sp³-hybridized carbons (Fsp3) is 0.625. The van der Waals surface area contributed by atoms with Gasteiger partial charge in [0.05, 0.1) is 0 Å². The molecule has 0 saturated heterocycles. The van der Waals surface area contributed by atoms with Gasteiger partial charge in [0.1, 0.15) is 5.60 Å². The van der Waals surface area contributed by atoms with Crippen molar-refractivity contribution in [3.05, 3.63) is 6.92 Å². The number of carboxylic acid groups (broad SMARTS) is 1. The van der Waals surface area contributed by atoms with Crippen LogP contribution in [0.1, 0.15) is 20.8 Å². The number of alkyl carbamates (subject to hydrolysis) is 1. The maximum atomic E-state index is 10.9. The first kappa shape index (κ1) is 17.5. The normalized spacial score (nSPS) is 11.9. The van der Waals surface area contributed by atoms with Crippen molar-refractivity contribution >= 4 is 31.8 Å². The molecule has 0 heterocycles. The summed E-state index contributed by atoms with van der Waals surface area (Å²) in [6.07, 6.45) is -0.783. The molecule has 0 saturated carbocycles. The first-order valence-corrected chi connectivity index (χ1v) is 13.1. The van der Waals surface area contributed by atoms with Crippen molar-refractivity contribution in [1.82, 2.24) is 5.32 Å². The molecule has 0 spiro atoms. The molecule has 0 fully saturated rings. The van der Waals surface area contributed by atoms with Gasteiger partial charge in [-0.15, -0.1) is 0 Å². The second kappa shape index (κ2) is 8.27. The third kappa shape index (κ3) is 12.0. The van der Waals surface area contributed by atoms with Gasteiger partial charge in [-0.25, -0.2) is 4.79 Å². The van der Waals surface area contributed by atoms with Gasteiger partial charge in [-0.2, -0.15) is 0 Å². The summed E-state index contributed by atoms with van der Waals surface area (Å²) in [6.45, 7) is 8.25. The summed E-state index contributed by atoms with van der Waals surface area (Å²) in [7, 11) is 0. The molecule has 7 heteroatoms. The predicted octanol–water partition coefficient (Wildman–Crippen LogP) is 1.68. The third-order valence-electron chi connectivity index (χ3n) is 0.989. The van der Waals surface area contributed by atoms with Crippen molar-refractivity contribution in [3.63, 3.8) is 0 Å². The summed E-state index contributed by atoms with van der Waals surface area (Å²) in [5.74, 6) is -1.20. The Hall–Kier alpha value is 0.0934. The molecule has 0 aromatic rings. The minimum absolute atomic E-state index is 0.637. The zero-order valence-electron chi connectivity index (χ0n) is 9.04. The summed E-state index contributed by atoms with van der Waals surface area (Å²) >= 11 is 3.62. The quantitative estimate of drug-likeness (QED) is 0.434. The van der Waals surface area contributed by atoms with E-state index in [0.29, 0.717) is 0 Å².